The average Bonchev–Trinajstić information content (AvgIpc) is 3.23. The number of aryl methyl sites for hydroxylation is 2. The van der Waals surface area contributed by atoms with Gasteiger partial charge in [-0.05, 0) is 31.2 Å². The van der Waals surface area contributed by atoms with Crippen molar-refractivity contribution in [1.29, 1.82) is 0 Å². The predicted molar refractivity (Wildman–Crippen MR) is 116 cm³/mol. The maximum Gasteiger partial charge on any atom is 0.257 e. The zero-order valence-corrected chi connectivity index (χ0v) is 18.7. The van der Waals surface area contributed by atoms with Crippen molar-refractivity contribution in [2.24, 2.45) is 0 Å². The van der Waals surface area contributed by atoms with E-state index in [1.54, 1.807) is 60.4 Å². The number of aromatic nitrogens is 2. The number of amides is 1. The molecule has 0 spiro atoms. The van der Waals surface area contributed by atoms with Crippen molar-refractivity contribution >= 4 is 15.9 Å². The predicted octanol–water partition coefficient (Wildman–Crippen LogP) is 2.41. The number of sulfonamides is 1. The third-order valence-corrected chi connectivity index (χ3v) is 7.14. The molecule has 1 fully saturated rings. The molecule has 0 unspecified atom stereocenters. The lowest BCUT2D eigenvalue weighted by Crippen LogP contribution is -2.50. The third kappa shape index (κ3) is 4.66. The highest BCUT2D eigenvalue weighted by Crippen LogP contribution is 2.23. The Labute approximate surface area is 186 Å². The molecule has 2 heterocycles. The van der Waals surface area contributed by atoms with Gasteiger partial charge in [0.1, 0.15) is 5.75 Å². The zero-order chi connectivity index (χ0) is 22.7. The minimum atomic E-state index is -3.59. The van der Waals surface area contributed by atoms with E-state index in [9.17, 15) is 13.2 Å². The van der Waals surface area contributed by atoms with Gasteiger partial charge in [-0.15, -0.1) is 0 Å². The third-order valence-electron chi connectivity index (χ3n) is 5.23. The minimum absolute atomic E-state index is 0.0736. The molecular formula is C22H24N4O5S. The van der Waals surface area contributed by atoms with Crippen molar-refractivity contribution in [2.45, 2.75) is 25.3 Å². The largest absolute Gasteiger partial charge is 0.485 e. The van der Waals surface area contributed by atoms with Gasteiger partial charge in [-0.2, -0.15) is 9.29 Å². The van der Waals surface area contributed by atoms with Crippen molar-refractivity contribution in [3.63, 3.8) is 0 Å². The van der Waals surface area contributed by atoms with Crippen LogP contribution in [0.1, 0.15) is 27.6 Å². The molecule has 9 nitrogen and oxygen atoms in total. The number of carbonyl (C=O) groups is 1. The summed E-state index contributed by atoms with van der Waals surface area (Å²) in [4.78, 5) is 19.1. The fraction of sp³-hybridized carbons (Fsp3) is 0.318. The number of carbonyl (C=O) groups excluding carboxylic acids is 1. The van der Waals surface area contributed by atoms with Gasteiger partial charge in [-0.25, -0.2) is 8.42 Å². The van der Waals surface area contributed by atoms with Crippen LogP contribution in [0.25, 0.3) is 0 Å². The first-order chi connectivity index (χ1) is 15.3. The second-order valence-electron chi connectivity index (χ2n) is 7.52. The molecule has 3 aromatic rings. The molecule has 0 saturated carbocycles. The molecule has 0 atom stereocenters. The highest BCUT2D eigenvalue weighted by Gasteiger charge is 2.31. The fourth-order valence-electron chi connectivity index (χ4n) is 3.47. The number of piperazine rings is 1. The number of benzene rings is 2. The van der Waals surface area contributed by atoms with Crippen LogP contribution in [0.4, 0.5) is 0 Å². The number of ether oxygens (including phenoxy) is 1. The maximum atomic E-state index is 13.1. The molecule has 1 saturated heterocycles. The summed E-state index contributed by atoms with van der Waals surface area (Å²) in [5, 5.41) is 3.79. The Bertz CT molecular complexity index is 1200. The van der Waals surface area contributed by atoms with E-state index >= 15 is 0 Å². The summed E-state index contributed by atoms with van der Waals surface area (Å²) in [6, 6.07) is 13.7. The van der Waals surface area contributed by atoms with Gasteiger partial charge in [0.2, 0.25) is 21.7 Å². The van der Waals surface area contributed by atoms with Crippen LogP contribution < -0.4 is 4.74 Å². The van der Waals surface area contributed by atoms with Gasteiger partial charge in [0.15, 0.2) is 6.61 Å². The molecule has 0 N–H and O–H groups in total. The first kappa shape index (κ1) is 22.0. The lowest BCUT2D eigenvalue weighted by molar-refractivity contribution is 0.0693. The Hall–Kier alpha value is -3.24. The van der Waals surface area contributed by atoms with Crippen LogP contribution in [0, 0.1) is 13.8 Å². The molecule has 0 bridgehead atoms. The molecule has 168 valence electrons. The highest BCUT2D eigenvalue weighted by atomic mass is 32.2. The second kappa shape index (κ2) is 9.09. The van der Waals surface area contributed by atoms with Crippen LogP contribution in [0.5, 0.6) is 5.75 Å². The molecule has 32 heavy (non-hydrogen) atoms. The number of para-hydroxylation sites is 1. The Morgan fingerprint density at radius 1 is 1.03 bits per heavy atom. The summed E-state index contributed by atoms with van der Waals surface area (Å²) in [5.74, 6) is 1.03. The maximum absolute atomic E-state index is 13.1. The zero-order valence-electron chi connectivity index (χ0n) is 17.9. The second-order valence-corrected chi connectivity index (χ2v) is 9.46. The molecule has 4 rings (SSSR count). The van der Waals surface area contributed by atoms with Crippen LogP contribution in [0.15, 0.2) is 57.9 Å². The molecule has 0 radical (unpaired) electrons. The van der Waals surface area contributed by atoms with Gasteiger partial charge in [0, 0.05) is 33.1 Å². The molecule has 2 aromatic carbocycles. The summed E-state index contributed by atoms with van der Waals surface area (Å²) < 4.78 is 37.9. The van der Waals surface area contributed by atoms with E-state index in [0.29, 0.717) is 36.1 Å². The summed E-state index contributed by atoms with van der Waals surface area (Å²) in [6.07, 6.45) is 0. The van der Waals surface area contributed by atoms with Crippen LogP contribution in [-0.2, 0) is 16.6 Å². The van der Waals surface area contributed by atoms with Crippen LogP contribution in [0.3, 0.4) is 0 Å². The van der Waals surface area contributed by atoms with Crippen molar-refractivity contribution in [3.05, 3.63) is 71.4 Å². The highest BCUT2D eigenvalue weighted by molar-refractivity contribution is 7.89. The standard InChI is InChI=1S/C22H24N4O5S/c1-16-7-9-18(10-8-16)32(28,29)26-13-11-25(12-14-26)22(27)19-5-3-4-6-20(19)30-15-21-23-17(2)31-24-21/h3-10H,11-15H2,1-2H3. The van der Waals surface area contributed by atoms with Gasteiger partial charge in [-0.1, -0.05) is 35.0 Å². The molecule has 1 aliphatic heterocycles. The van der Waals surface area contributed by atoms with E-state index in [1.165, 1.54) is 4.31 Å². The summed E-state index contributed by atoms with van der Waals surface area (Å²) in [6.45, 7) is 4.72. The average molecular weight is 457 g/mol. The first-order valence-corrected chi connectivity index (χ1v) is 11.7. The molecule has 1 amide bonds. The van der Waals surface area contributed by atoms with Gasteiger partial charge in [0.05, 0.1) is 10.5 Å². The molecule has 10 heteroatoms. The number of rotatable bonds is 6. The quantitative estimate of drug-likeness (QED) is 0.561. The van der Waals surface area contributed by atoms with Crippen LogP contribution in [-0.4, -0.2) is 59.8 Å². The number of nitrogens with zero attached hydrogens (tertiary/aromatic N) is 4. The van der Waals surface area contributed by atoms with Crippen molar-refractivity contribution in [2.75, 3.05) is 26.2 Å². The van der Waals surface area contributed by atoms with Crippen molar-refractivity contribution in [1.82, 2.24) is 19.3 Å². The van der Waals surface area contributed by atoms with Crippen LogP contribution in [0.2, 0.25) is 0 Å². The van der Waals surface area contributed by atoms with Crippen molar-refractivity contribution < 1.29 is 22.5 Å². The SMILES string of the molecule is Cc1ccc(S(=O)(=O)N2CCN(C(=O)c3ccccc3OCc3noc(C)n3)CC2)cc1. The molecular weight excluding hydrogens is 432 g/mol. The lowest BCUT2D eigenvalue weighted by atomic mass is 10.1. The Morgan fingerprint density at radius 2 is 1.72 bits per heavy atom. The van der Waals surface area contributed by atoms with E-state index in [0.717, 1.165) is 5.56 Å². The van der Waals surface area contributed by atoms with Crippen molar-refractivity contribution in [3.8, 4) is 5.75 Å². The Balaban J connectivity index is 1.42. The van der Waals surface area contributed by atoms with E-state index in [-0.39, 0.29) is 30.5 Å². The molecule has 0 aliphatic carbocycles. The van der Waals surface area contributed by atoms with E-state index in [2.05, 4.69) is 10.1 Å². The normalized spacial score (nSPS) is 15.0. The summed E-state index contributed by atoms with van der Waals surface area (Å²) in [7, 11) is -3.59. The summed E-state index contributed by atoms with van der Waals surface area (Å²) in [5.41, 5.74) is 1.40. The molecule has 1 aromatic heterocycles. The first-order valence-electron chi connectivity index (χ1n) is 10.2. The van der Waals surface area contributed by atoms with Gasteiger partial charge >= 0.3 is 0 Å². The monoisotopic (exact) mass is 456 g/mol. The van der Waals surface area contributed by atoms with Gasteiger partial charge in [0.25, 0.3) is 5.91 Å². The number of hydrogen-bond acceptors (Lipinski definition) is 7. The van der Waals surface area contributed by atoms with E-state index in [1.807, 2.05) is 6.92 Å². The Kier molecular flexibility index (Phi) is 6.24. The minimum Gasteiger partial charge on any atom is -0.485 e. The van der Waals surface area contributed by atoms with Gasteiger partial charge < -0.3 is 14.2 Å². The van der Waals surface area contributed by atoms with E-state index in [4.69, 9.17) is 9.26 Å². The number of hydrogen-bond donors (Lipinski definition) is 0. The summed E-state index contributed by atoms with van der Waals surface area (Å²) >= 11 is 0. The van der Waals surface area contributed by atoms with E-state index < -0.39 is 10.0 Å². The molecule has 1 aliphatic rings. The topological polar surface area (TPSA) is 106 Å². The smallest absolute Gasteiger partial charge is 0.257 e. The van der Waals surface area contributed by atoms with Crippen LogP contribution >= 0.6 is 0 Å². The Morgan fingerprint density at radius 3 is 2.38 bits per heavy atom. The van der Waals surface area contributed by atoms with Gasteiger partial charge in [-0.3, -0.25) is 4.79 Å². The fourth-order valence-corrected chi connectivity index (χ4v) is 4.89. The lowest BCUT2D eigenvalue weighted by Gasteiger charge is -2.34.